The molecule has 1 heterocycles. The molecule has 0 saturated carbocycles. The molecule has 29 heavy (non-hydrogen) atoms. The zero-order valence-electron chi connectivity index (χ0n) is 16.3. The number of methoxy groups -OCH3 is 1. The molecule has 0 aliphatic carbocycles. The summed E-state index contributed by atoms with van der Waals surface area (Å²) in [5.41, 5.74) is 3.84. The van der Waals surface area contributed by atoms with Crippen molar-refractivity contribution >= 4 is 28.8 Å². The number of rotatable bonds is 3. The summed E-state index contributed by atoms with van der Waals surface area (Å²) in [5, 5.41) is 3.02. The third-order valence-corrected chi connectivity index (χ3v) is 4.84. The van der Waals surface area contributed by atoms with Gasteiger partial charge < -0.3 is 10.1 Å². The molecule has 1 unspecified atom stereocenters. The van der Waals surface area contributed by atoms with Gasteiger partial charge in [-0.3, -0.25) is 9.79 Å². The molecule has 3 aromatic rings. The summed E-state index contributed by atoms with van der Waals surface area (Å²) in [6.07, 6.45) is 0. The van der Waals surface area contributed by atoms with E-state index in [1.807, 2.05) is 73.7 Å². The Bertz CT molecular complexity index is 1100. The Balaban J connectivity index is 1.80. The molecule has 0 bridgehead atoms. The summed E-state index contributed by atoms with van der Waals surface area (Å²) < 4.78 is 5.34. The number of amidine groups is 1. The van der Waals surface area contributed by atoms with Crippen molar-refractivity contribution in [2.45, 2.75) is 12.8 Å². The molecule has 1 amide bonds. The van der Waals surface area contributed by atoms with Crippen LogP contribution in [0.4, 0.5) is 11.4 Å². The molecule has 1 atom stereocenters. The van der Waals surface area contributed by atoms with E-state index in [1.54, 1.807) is 19.2 Å². The van der Waals surface area contributed by atoms with Gasteiger partial charge in [-0.1, -0.05) is 54.6 Å². The minimum Gasteiger partial charge on any atom is -0.496 e. The highest BCUT2D eigenvalue weighted by Gasteiger charge is 2.27. The topological polar surface area (TPSA) is 63.0 Å². The fraction of sp³-hybridized carbons (Fsp3) is 0.125. The Morgan fingerprint density at radius 3 is 2.21 bits per heavy atom. The summed E-state index contributed by atoms with van der Waals surface area (Å²) in [5.74, 6) is 0.524. The first-order valence-corrected chi connectivity index (χ1v) is 9.39. The molecule has 0 spiro atoms. The van der Waals surface area contributed by atoms with Crippen LogP contribution in [0.5, 0.6) is 5.75 Å². The predicted molar refractivity (Wildman–Crippen MR) is 116 cm³/mol. The molecule has 5 nitrogen and oxygen atoms in total. The number of ether oxygens (including phenoxy) is 1. The van der Waals surface area contributed by atoms with Crippen LogP contribution in [0.3, 0.4) is 0 Å². The van der Waals surface area contributed by atoms with E-state index in [-0.39, 0.29) is 11.8 Å². The molecule has 5 heteroatoms. The van der Waals surface area contributed by atoms with Crippen LogP contribution in [-0.2, 0) is 0 Å². The Morgan fingerprint density at radius 2 is 1.48 bits per heavy atom. The van der Waals surface area contributed by atoms with E-state index < -0.39 is 0 Å². The number of benzene rings is 3. The van der Waals surface area contributed by atoms with Crippen LogP contribution in [0.1, 0.15) is 28.8 Å². The van der Waals surface area contributed by atoms with Crippen molar-refractivity contribution in [3.8, 4) is 5.75 Å². The summed E-state index contributed by atoms with van der Waals surface area (Å²) in [7, 11) is 1.55. The lowest BCUT2D eigenvalue weighted by Crippen LogP contribution is -2.37. The van der Waals surface area contributed by atoms with Gasteiger partial charge in [0.25, 0.3) is 5.91 Å². The fourth-order valence-corrected chi connectivity index (χ4v) is 3.46. The van der Waals surface area contributed by atoms with Gasteiger partial charge in [0, 0.05) is 5.71 Å². The molecule has 0 radical (unpaired) electrons. The van der Waals surface area contributed by atoms with E-state index in [0.717, 1.165) is 22.6 Å². The van der Waals surface area contributed by atoms with Crippen LogP contribution in [0.25, 0.3) is 0 Å². The minimum atomic E-state index is -0.269. The van der Waals surface area contributed by atoms with E-state index in [9.17, 15) is 4.79 Å². The summed E-state index contributed by atoms with van der Waals surface area (Å²) >= 11 is 0. The fourth-order valence-electron chi connectivity index (χ4n) is 3.46. The van der Waals surface area contributed by atoms with Gasteiger partial charge in [0.2, 0.25) is 0 Å². The van der Waals surface area contributed by atoms with E-state index >= 15 is 0 Å². The molecule has 0 saturated heterocycles. The lowest BCUT2D eigenvalue weighted by molar-refractivity contribution is 0.0973. The van der Waals surface area contributed by atoms with Crippen LogP contribution < -0.4 is 10.1 Å². The quantitative estimate of drug-likeness (QED) is 0.688. The Labute approximate surface area is 169 Å². The van der Waals surface area contributed by atoms with Gasteiger partial charge in [-0.25, -0.2) is 4.99 Å². The van der Waals surface area contributed by atoms with Crippen molar-refractivity contribution in [2.24, 2.45) is 9.98 Å². The molecule has 0 aromatic heterocycles. The van der Waals surface area contributed by atoms with Crippen LogP contribution >= 0.6 is 0 Å². The second-order valence-corrected chi connectivity index (χ2v) is 6.74. The highest BCUT2D eigenvalue weighted by atomic mass is 16.5. The molecule has 1 N–H and O–H groups in total. The third kappa shape index (κ3) is 3.80. The highest BCUT2D eigenvalue weighted by molar-refractivity contribution is 6.19. The van der Waals surface area contributed by atoms with Gasteiger partial charge in [0.15, 0.2) is 0 Å². The molecule has 3 aromatic carbocycles. The van der Waals surface area contributed by atoms with Crippen molar-refractivity contribution in [2.75, 3.05) is 7.11 Å². The maximum absolute atomic E-state index is 13.1. The van der Waals surface area contributed by atoms with Gasteiger partial charge in [-0.2, -0.15) is 0 Å². The second kappa shape index (κ2) is 8.10. The maximum atomic E-state index is 13.1. The Morgan fingerprint density at radius 1 is 0.862 bits per heavy atom. The number of aliphatic imine (C=N–C) groups is 2. The van der Waals surface area contributed by atoms with Crippen molar-refractivity contribution in [1.82, 2.24) is 5.32 Å². The molecular weight excluding hydrogens is 362 g/mol. The second-order valence-electron chi connectivity index (χ2n) is 6.74. The normalized spacial score (nSPS) is 15.4. The zero-order chi connectivity index (χ0) is 20.2. The van der Waals surface area contributed by atoms with Crippen molar-refractivity contribution in [3.63, 3.8) is 0 Å². The average molecular weight is 383 g/mol. The Hall–Kier alpha value is -3.73. The average Bonchev–Trinajstić information content (AvgIpc) is 2.89. The monoisotopic (exact) mass is 383 g/mol. The Kier molecular flexibility index (Phi) is 5.20. The first-order chi connectivity index (χ1) is 14.2. The number of nitrogens with zero attached hydrogens (tertiary/aromatic N) is 2. The van der Waals surface area contributed by atoms with Gasteiger partial charge in [-0.05, 0) is 36.8 Å². The third-order valence-electron chi connectivity index (χ3n) is 4.84. The number of fused-ring (bicyclic) bond motifs is 1. The summed E-state index contributed by atoms with van der Waals surface area (Å²) in [6, 6.07) is 24.8. The van der Waals surface area contributed by atoms with Crippen LogP contribution in [0.15, 0.2) is 88.8 Å². The zero-order valence-corrected chi connectivity index (χ0v) is 16.3. The van der Waals surface area contributed by atoms with Gasteiger partial charge in [-0.15, -0.1) is 0 Å². The standard InChI is InChI=1S/C24H21N3O2/c1-16-22(17-10-4-3-5-11-17)23(26-20-14-8-7-13-19(20)25-16)27-24(28)18-12-6-9-15-21(18)29-2/h3-15,22H,1-2H3,(H,26,27,28). The number of para-hydroxylation sites is 3. The van der Waals surface area contributed by atoms with Gasteiger partial charge in [0.1, 0.15) is 11.6 Å². The van der Waals surface area contributed by atoms with Crippen molar-refractivity contribution in [1.29, 1.82) is 0 Å². The number of nitrogens with one attached hydrogen (secondary N) is 1. The number of hydrogen-bond donors (Lipinski definition) is 1. The molecule has 4 rings (SSSR count). The molecule has 144 valence electrons. The smallest absolute Gasteiger partial charge is 0.260 e. The largest absolute Gasteiger partial charge is 0.496 e. The number of carbonyl (C=O) groups excluding carboxylic acids is 1. The number of hydrogen-bond acceptors (Lipinski definition) is 4. The van der Waals surface area contributed by atoms with E-state index in [4.69, 9.17) is 14.7 Å². The van der Waals surface area contributed by atoms with E-state index in [0.29, 0.717) is 17.1 Å². The molecule has 1 aliphatic rings. The maximum Gasteiger partial charge on any atom is 0.260 e. The van der Waals surface area contributed by atoms with E-state index in [2.05, 4.69) is 5.32 Å². The van der Waals surface area contributed by atoms with Crippen LogP contribution in [-0.4, -0.2) is 24.6 Å². The van der Waals surface area contributed by atoms with Crippen LogP contribution in [0, 0.1) is 0 Å². The molecular formula is C24H21N3O2. The molecule has 0 fully saturated rings. The first kappa shape index (κ1) is 18.6. The molecule has 1 aliphatic heterocycles. The summed E-state index contributed by atoms with van der Waals surface area (Å²) in [6.45, 7) is 1.96. The van der Waals surface area contributed by atoms with Crippen molar-refractivity contribution < 1.29 is 9.53 Å². The lowest BCUT2D eigenvalue weighted by atomic mass is 9.93. The number of carbonyl (C=O) groups is 1. The van der Waals surface area contributed by atoms with Crippen molar-refractivity contribution in [3.05, 3.63) is 90.0 Å². The lowest BCUT2D eigenvalue weighted by Gasteiger charge is -2.20. The first-order valence-electron chi connectivity index (χ1n) is 9.39. The van der Waals surface area contributed by atoms with E-state index in [1.165, 1.54) is 0 Å². The van der Waals surface area contributed by atoms with Gasteiger partial charge >= 0.3 is 0 Å². The SMILES string of the molecule is COc1ccccc1C(=O)NC1=Nc2ccccc2N=C(C)C1c1ccccc1. The van der Waals surface area contributed by atoms with Gasteiger partial charge in [0.05, 0.1) is 30.0 Å². The predicted octanol–water partition coefficient (Wildman–Crippen LogP) is 5.05. The minimum absolute atomic E-state index is 0.262. The number of amides is 1. The summed E-state index contributed by atoms with van der Waals surface area (Å²) in [4.78, 5) is 22.7. The van der Waals surface area contributed by atoms with Crippen LogP contribution in [0.2, 0.25) is 0 Å². The highest BCUT2D eigenvalue weighted by Crippen LogP contribution is 2.34.